The maximum Gasteiger partial charge on any atom is 0.223 e. The number of likely N-dealkylation sites (N-methyl/N-ethyl adjacent to an activating group) is 1. The van der Waals surface area contributed by atoms with Crippen LogP contribution in [0.25, 0.3) is 0 Å². The van der Waals surface area contributed by atoms with Gasteiger partial charge in [-0.2, -0.15) is 0 Å². The van der Waals surface area contributed by atoms with E-state index in [4.69, 9.17) is 0 Å². The highest BCUT2D eigenvalue weighted by Crippen LogP contribution is 2.22. The van der Waals surface area contributed by atoms with Gasteiger partial charge in [0.1, 0.15) is 5.82 Å². The minimum Gasteiger partial charge on any atom is -0.354 e. The number of halogens is 1. The Morgan fingerprint density at radius 1 is 1.39 bits per heavy atom. The minimum atomic E-state index is -0.252. The van der Waals surface area contributed by atoms with Gasteiger partial charge in [0.15, 0.2) is 0 Å². The van der Waals surface area contributed by atoms with Crippen molar-refractivity contribution >= 4 is 17.2 Å². The maximum atomic E-state index is 13.6. The lowest BCUT2D eigenvalue weighted by Crippen LogP contribution is -2.42. The molecule has 0 bridgehead atoms. The number of hydrogen-bond donors (Lipinski definition) is 1. The fraction of sp³-hybridized carbons (Fsp3) is 0.524. The van der Waals surface area contributed by atoms with Gasteiger partial charge in [-0.05, 0) is 64.6 Å². The Kier molecular flexibility index (Phi) is 7.15. The van der Waals surface area contributed by atoms with Crippen LogP contribution in [0.5, 0.6) is 0 Å². The molecular formula is C21H29FN4OS. The van der Waals surface area contributed by atoms with E-state index < -0.39 is 0 Å². The molecule has 0 radical (unpaired) electrons. The molecule has 0 aliphatic carbocycles. The number of amides is 1. The fourth-order valence-electron chi connectivity index (χ4n) is 3.72. The van der Waals surface area contributed by atoms with Crippen molar-refractivity contribution in [2.75, 3.05) is 33.7 Å². The van der Waals surface area contributed by atoms with E-state index in [9.17, 15) is 9.18 Å². The van der Waals surface area contributed by atoms with Gasteiger partial charge in [-0.1, -0.05) is 12.1 Å². The molecule has 2 aromatic rings. The highest BCUT2D eigenvalue weighted by Gasteiger charge is 2.26. The molecule has 1 fully saturated rings. The first-order valence-electron chi connectivity index (χ1n) is 9.75. The summed E-state index contributed by atoms with van der Waals surface area (Å²) in [5.41, 5.74) is 1.99. The second-order valence-electron chi connectivity index (χ2n) is 7.69. The van der Waals surface area contributed by atoms with Crippen molar-refractivity contribution in [3.05, 3.63) is 51.7 Å². The molecule has 1 aliphatic rings. The SMILES string of the molecule is Cc1nc(CN2CCC(C(=O)NCC(c3cccc(F)c3)N(C)C)CC2)cs1. The normalized spacial score (nSPS) is 17.0. The zero-order valence-electron chi connectivity index (χ0n) is 16.8. The summed E-state index contributed by atoms with van der Waals surface area (Å²) >= 11 is 1.68. The Labute approximate surface area is 170 Å². The second-order valence-corrected chi connectivity index (χ2v) is 8.75. The molecule has 3 rings (SSSR count). The van der Waals surface area contributed by atoms with Crippen LogP contribution < -0.4 is 5.32 Å². The van der Waals surface area contributed by atoms with Crippen molar-refractivity contribution in [3.8, 4) is 0 Å². The number of carbonyl (C=O) groups excluding carboxylic acids is 1. The summed E-state index contributed by atoms with van der Waals surface area (Å²) in [5.74, 6) is -0.102. The molecule has 1 saturated heterocycles. The molecule has 1 aromatic heterocycles. The molecule has 0 spiro atoms. The number of rotatable bonds is 7. The number of aryl methyl sites for hydroxylation is 1. The number of hydrogen-bond acceptors (Lipinski definition) is 5. The molecule has 1 unspecified atom stereocenters. The van der Waals surface area contributed by atoms with Crippen molar-refractivity contribution in [1.82, 2.24) is 20.1 Å². The Balaban J connectivity index is 1.48. The van der Waals surface area contributed by atoms with E-state index >= 15 is 0 Å². The van der Waals surface area contributed by atoms with Gasteiger partial charge in [0.2, 0.25) is 5.91 Å². The van der Waals surface area contributed by atoms with Gasteiger partial charge in [0.05, 0.1) is 16.7 Å². The van der Waals surface area contributed by atoms with Crippen LogP contribution in [0.2, 0.25) is 0 Å². The van der Waals surface area contributed by atoms with E-state index in [2.05, 4.69) is 20.6 Å². The van der Waals surface area contributed by atoms with Gasteiger partial charge >= 0.3 is 0 Å². The topological polar surface area (TPSA) is 48.5 Å². The van der Waals surface area contributed by atoms with Gasteiger partial charge in [-0.3, -0.25) is 9.69 Å². The number of thiazole rings is 1. The van der Waals surface area contributed by atoms with Crippen LogP contribution in [0.15, 0.2) is 29.6 Å². The number of nitrogens with one attached hydrogen (secondary N) is 1. The average Bonchev–Trinajstić information content (AvgIpc) is 3.07. The molecule has 0 saturated carbocycles. The second kappa shape index (κ2) is 9.58. The lowest BCUT2D eigenvalue weighted by Gasteiger charge is -2.31. The molecular weight excluding hydrogens is 375 g/mol. The third-order valence-electron chi connectivity index (χ3n) is 5.34. The third-order valence-corrected chi connectivity index (χ3v) is 6.16. The summed E-state index contributed by atoms with van der Waals surface area (Å²) < 4.78 is 13.6. The smallest absolute Gasteiger partial charge is 0.223 e. The van der Waals surface area contributed by atoms with E-state index in [1.165, 1.54) is 12.1 Å². The Morgan fingerprint density at radius 3 is 2.75 bits per heavy atom. The number of carbonyl (C=O) groups is 1. The standard InChI is InChI=1S/C21H29FN4OS/c1-15-24-19(14-28-15)13-26-9-7-16(8-10-26)21(27)23-12-20(25(2)3)17-5-4-6-18(22)11-17/h4-6,11,14,16,20H,7-10,12-13H2,1-3H3,(H,23,27). The molecule has 152 valence electrons. The third kappa shape index (κ3) is 5.59. The summed E-state index contributed by atoms with van der Waals surface area (Å²) in [7, 11) is 3.89. The lowest BCUT2D eigenvalue weighted by molar-refractivity contribution is -0.126. The van der Waals surface area contributed by atoms with E-state index in [0.717, 1.165) is 48.7 Å². The van der Waals surface area contributed by atoms with Crippen molar-refractivity contribution in [1.29, 1.82) is 0 Å². The zero-order valence-corrected chi connectivity index (χ0v) is 17.6. The number of piperidine rings is 1. The average molecular weight is 405 g/mol. The van der Waals surface area contributed by atoms with Crippen LogP contribution in [-0.4, -0.2) is 54.4 Å². The number of nitrogens with zero attached hydrogens (tertiary/aromatic N) is 3. The van der Waals surface area contributed by atoms with Crippen LogP contribution in [0, 0.1) is 18.7 Å². The van der Waals surface area contributed by atoms with Crippen molar-refractivity contribution in [2.24, 2.45) is 5.92 Å². The molecule has 1 aromatic carbocycles. The summed E-state index contributed by atoms with van der Waals surface area (Å²) in [6.45, 7) is 5.19. The molecule has 1 atom stereocenters. The van der Waals surface area contributed by atoms with Gasteiger partial charge in [0.25, 0.3) is 0 Å². The monoisotopic (exact) mass is 404 g/mol. The van der Waals surface area contributed by atoms with Crippen LogP contribution in [0.4, 0.5) is 4.39 Å². The zero-order chi connectivity index (χ0) is 20.1. The number of likely N-dealkylation sites (tertiary alicyclic amines) is 1. The van der Waals surface area contributed by atoms with E-state index in [1.54, 1.807) is 17.4 Å². The highest BCUT2D eigenvalue weighted by molar-refractivity contribution is 7.09. The summed E-state index contributed by atoms with van der Waals surface area (Å²) in [6, 6.07) is 6.54. The molecule has 1 amide bonds. The first-order valence-corrected chi connectivity index (χ1v) is 10.6. The van der Waals surface area contributed by atoms with E-state index in [-0.39, 0.29) is 23.7 Å². The van der Waals surface area contributed by atoms with Crippen molar-refractivity contribution < 1.29 is 9.18 Å². The predicted molar refractivity (Wildman–Crippen MR) is 111 cm³/mol. The Morgan fingerprint density at radius 2 is 2.14 bits per heavy atom. The van der Waals surface area contributed by atoms with Gasteiger partial charge in [-0.25, -0.2) is 9.37 Å². The summed E-state index contributed by atoms with van der Waals surface area (Å²) in [5, 5.41) is 6.30. The van der Waals surface area contributed by atoms with E-state index in [1.807, 2.05) is 32.0 Å². The molecule has 28 heavy (non-hydrogen) atoms. The van der Waals surface area contributed by atoms with Crippen LogP contribution >= 0.6 is 11.3 Å². The van der Waals surface area contributed by atoms with Crippen LogP contribution in [-0.2, 0) is 11.3 Å². The molecule has 7 heteroatoms. The van der Waals surface area contributed by atoms with Gasteiger partial charge in [0, 0.05) is 24.4 Å². The van der Waals surface area contributed by atoms with Crippen LogP contribution in [0.1, 0.15) is 35.1 Å². The summed E-state index contributed by atoms with van der Waals surface area (Å²) in [6.07, 6.45) is 1.73. The maximum absolute atomic E-state index is 13.6. The predicted octanol–water partition coefficient (Wildman–Crippen LogP) is 3.22. The van der Waals surface area contributed by atoms with E-state index in [0.29, 0.717) is 6.54 Å². The Hall–Kier alpha value is -1.83. The minimum absolute atomic E-state index is 0.0451. The van der Waals surface area contributed by atoms with Crippen molar-refractivity contribution in [3.63, 3.8) is 0 Å². The lowest BCUT2D eigenvalue weighted by atomic mass is 9.95. The molecule has 1 aliphatic heterocycles. The molecule has 2 heterocycles. The Bertz CT molecular complexity index is 786. The number of benzene rings is 1. The fourth-order valence-corrected chi connectivity index (χ4v) is 4.32. The number of aromatic nitrogens is 1. The van der Waals surface area contributed by atoms with Gasteiger partial charge in [-0.15, -0.1) is 11.3 Å². The van der Waals surface area contributed by atoms with Gasteiger partial charge < -0.3 is 10.2 Å². The molecule has 1 N–H and O–H groups in total. The quantitative estimate of drug-likeness (QED) is 0.770. The summed E-state index contributed by atoms with van der Waals surface area (Å²) in [4.78, 5) is 21.6. The first kappa shape index (κ1) is 20.9. The van der Waals surface area contributed by atoms with Crippen molar-refractivity contribution in [2.45, 2.75) is 32.4 Å². The first-order chi connectivity index (χ1) is 13.4. The molecule has 5 nitrogen and oxygen atoms in total. The largest absolute Gasteiger partial charge is 0.354 e. The highest BCUT2D eigenvalue weighted by atomic mass is 32.1. The van der Waals surface area contributed by atoms with Crippen LogP contribution in [0.3, 0.4) is 0 Å².